The zero-order valence-electron chi connectivity index (χ0n) is 15.3. The van der Waals surface area contributed by atoms with Crippen molar-refractivity contribution in [3.05, 3.63) is 71.9 Å². The molecule has 1 aromatic heterocycles. The molecule has 4 rings (SSSR count). The molecule has 1 aliphatic carbocycles. The van der Waals surface area contributed by atoms with Crippen molar-refractivity contribution in [2.24, 2.45) is 0 Å². The van der Waals surface area contributed by atoms with Crippen LogP contribution < -0.4 is 4.74 Å². The van der Waals surface area contributed by atoms with E-state index in [0.717, 1.165) is 53.6 Å². The van der Waals surface area contributed by atoms with Crippen LogP contribution in [0.3, 0.4) is 0 Å². The van der Waals surface area contributed by atoms with E-state index in [1.54, 1.807) is 0 Å². The summed E-state index contributed by atoms with van der Waals surface area (Å²) in [5, 5.41) is 1.12. The highest BCUT2D eigenvalue weighted by Crippen LogP contribution is 2.22. The van der Waals surface area contributed by atoms with Crippen molar-refractivity contribution >= 4 is 16.9 Å². The molecule has 1 heterocycles. The van der Waals surface area contributed by atoms with Gasteiger partial charge in [-0.3, -0.25) is 4.79 Å². The van der Waals surface area contributed by atoms with Crippen LogP contribution in [0.1, 0.15) is 36.9 Å². The van der Waals surface area contributed by atoms with Crippen LogP contribution in [-0.2, 0) is 22.6 Å². The topological polar surface area (TPSA) is 48.4 Å². The van der Waals surface area contributed by atoms with Gasteiger partial charge in [0.1, 0.15) is 18.5 Å². The largest absolute Gasteiger partial charge is 0.487 e. The minimum Gasteiger partial charge on any atom is -0.487 e. The van der Waals surface area contributed by atoms with E-state index in [9.17, 15) is 4.79 Å². The fraction of sp³-hybridized carbons (Fsp3) is 0.304. The maximum Gasteiger partial charge on any atom is 0.310 e. The molecule has 4 nitrogen and oxygen atoms in total. The second kappa shape index (κ2) is 8.21. The van der Waals surface area contributed by atoms with Crippen molar-refractivity contribution in [1.29, 1.82) is 0 Å². The second-order valence-corrected chi connectivity index (χ2v) is 7.00. The van der Waals surface area contributed by atoms with E-state index < -0.39 is 0 Å². The first-order valence-corrected chi connectivity index (χ1v) is 9.52. The fourth-order valence-electron chi connectivity index (χ4n) is 3.45. The molecule has 1 saturated carbocycles. The van der Waals surface area contributed by atoms with Gasteiger partial charge in [-0.1, -0.05) is 36.4 Å². The van der Waals surface area contributed by atoms with Crippen LogP contribution in [0, 0.1) is 0 Å². The Morgan fingerprint density at radius 2 is 1.74 bits per heavy atom. The van der Waals surface area contributed by atoms with E-state index in [2.05, 4.69) is 11.1 Å². The lowest BCUT2D eigenvalue weighted by molar-refractivity contribution is -0.147. The predicted molar refractivity (Wildman–Crippen MR) is 105 cm³/mol. The number of esters is 1. The van der Waals surface area contributed by atoms with Gasteiger partial charge in [0.2, 0.25) is 0 Å². The molecule has 0 spiro atoms. The lowest BCUT2D eigenvalue weighted by Crippen LogP contribution is -2.16. The van der Waals surface area contributed by atoms with E-state index in [0.29, 0.717) is 13.0 Å². The Balaban J connectivity index is 1.31. The predicted octanol–water partition coefficient (Wildman–Crippen LogP) is 4.84. The molecule has 1 aliphatic rings. The number of rotatable bonds is 6. The van der Waals surface area contributed by atoms with Crippen LogP contribution in [0.15, 0.2) is 60.7 Å². The van der Waals surface area contributed by atoms with Gasteiger partial charge in [0.05, 0.1) is 17.6 Å². The van der Waals surface area contributed by atoms with Gasteiger partial charge in [-0.05, 0) is 55.5 Å². The maximum absolute atomic E-state index is 12.0. The Bertz CT molecular complexity index is 914. The van der Waals surface area contributed by atoms with Gasteiger partial charge in [0.15, 0.2) is 0 Å². The third-order valence-corrected chi connectivity index (χ3v) is 4.91. The lowest BCUT2D eigenvalue weighted by Gasteiger charge is -2.11. The Kier molecular flexibility index (Phi) is 5.33. The Morgan fingerprint density at radius 3 is 2.56 bits per heavy atom. The molecule has 0 amide bonds. The number of hydrogen-bond donors (Lipinski definition) is 0. The lowest BCUT2D eigenvalue weighted by atomic mass is 10.1. The number of benzene rings is 2. The molecule has 1 fully saturated rings. The standard InChI is InChI=1S/C23H23NO3/c25-23(27-21-6-2-3-7-21)15-17-9-13-20(14-10-17)26-16-19-12-11-18-5-1-4-8-22(18)24-19/h1,4-5,8-14,21H,2-3,6-7,15-16H2. The number of nitrogens with zero attached hydrogens (tertiary/aromatic N) is 1. The van der Waals surface area contributed by atoms with Gasteiger partial charge >= 0.3 is 5.97 Å². The molecule has 0 saturated heterocycles. The van der Waals surface area contributed by atoms with Gasteiger partial charge in [0, 0.05) is 5.39 Å². The number of aromatic nitrogens is 1. The summed E-state index contributed by atoms with van der Waals surface area (Å²) >= 11 is 0. The number of fused-ring (bicyclic) bond motifs is 1. The third-order valence-electron chi connectivity index (χ3n) is 4.91. The molecule has 27 heavy (non-hydrogen) atoms. The monoisotopic (exact) mass is 361 g/mol. The van der Waals surface area contributed by atoms with Crippen LogP contribution in [0.5, 0.6) is 5.75 Å². The van der Waals surface area contributed by atoms with Gasteiger partial charge in [-0.2, -0.15) is 0 Å². The maximum atomic E-state index is 12.0. The molecule has 138 valence electrons. The summed E-state index contributed by atoms with van der Waals surface area (Å²) in [4.78, 5) is 16.6. The number of ether oxygens (including phenoxy) is 2. The summed E-state index contributed by atoms with van der Waals surface area (Å²) in [6.45, 7) is 0.411. The van der Waals surface area contributed by atoms with E-state index in [1.807, 2.05) is 54.6 Å². The van der Waals surface area contributed by atoms with Crippen molar-refractivity contribution in [2.45, 2.75) is 44.8 Å². The average Bonchev–Trinajstić information content (AvgIpc) is 3.20. The van der Waals surface area contributed by atoms with Gasteiger partial charge < -0.3 is 9.47 Å². The van der Waals surface area contributed by atoms with Crippen molar-refractivity contribution in [3.8, 4) is 5.75 Å². The zero-order chi connectivity index (χ0) is 18.5. The molecular formula is C23H23NO3. The summed E-state index contributed by atoms with van der Waals surface area (Å²) in [5.74, 6) is 0.619. The molecule has 0 aliphatic heterocycles. The summed E-state index contributed by atoms with van der Waals surface area (Å²) in [5.41, 5.74) is 2.79. The number of para-hydroxylation sites is 1. The van der Waals surface area contributed by atoms with E-state index >= 15 is 0 Å². The quantitative estimate of drug-likeness (QED) is 0.589. The SMILES string of the molecule is O=C(Cc1ccc(OCc2ccc3ccccc3n2)cc1)OC1CCCC1. The van der Waals surface area contributed by atoms with E-state index in [-0.39, 0.29) is 12.1 Å². The average molecular weight is 361 g/mol. The third kappa shape index (κ3) is 4.64. The number of carbonyl (C=O) groups excluding carboxylic acids is 1. The highest BCUT2D eigenvalue weighted by molar-refractivity contribution is 5.78. The highest BCUT2D eigenvalue weighted by atomic mass is 16.5. The summed E-state index contributed by atoms with van der Waals surface area (Å²) in [6.07, 6.45) is 4.76. The molecular weight excluding hydrogens is 338 g/mol. The molecule has 0 N–H and O–H groups in total. The summed E-state index contributed by atoms with van der Waals surface area (Å²) < 4.78 is 11.3. The molecule has 2 aromatic carbocycles. The number of pyridine rings is 1. The van der Waals surface area contributed by atoms with Crippen LogP contribution >= 0.6 is 0 Å². The van der Waals surface area contributed by atoms with E-state index in [1.165, 1.54) is 0 Å². The van der Waals surface area contributed by atoms with Crippen molar-refractivity contribution in [2.75, 3.05) is 0 Å². The molecule has 0 bridgehead atoms. The van der Waals surface area contributed by atoms with Gasteiger partial charge in [-0.15, -0.1) is 0 Å². The zero-order valence-corrected chi connectivity index (χ0v) is 15.3. The van der Waals surface area contributed by atoms with Crippen LogP contribution in [-0.4, -0.2) is 17.1 Å². The van der Waals surface area contributed by atoms with Crippen LogP contribution in [0.4, 0.5) is 0 Å². The first-order valence-electron chi connectivity index (χ1n) is 9.52. The molecule has 3 aromatic rings. The van der Waals surface area contributed by atoms with Gasteiger partial charge in [-0.25, -0.2) is 4.98 Å². The molecule has 0 radical (unpaired) electrons. The van der Waals surface area contributed by atoms with Crippen LogP contribution in [0.2, 0.25) is 0 Å². The highest BCUT2D eigenvalue weighted by Gasteiger charge is 2.19. The molecule has 0 unspecified atom stereocenters. The van der Waals surface area contributed by atoms with Crippen molar-refractivity contribution < 1.29 is 14.3 Å². The minimum absolute atomic E-state index is 0.120. The smallest absolute Gasteiger partial charge is 0.310 e. The summed E-state index contributed by atoms with van der Waals surface area (Å²) in [7, 11) is 0. The number of hydrogen-bond acceptors (Lipinski definition) is 4. The summed E-state index contributed by atoms with van der Waals surface area (Å²) in [6, 6.07) is 19.7. The van der Waals surface area contributed by atoms with Crippen molar-refractivity contribution in [3.63, 3.8) is 0 Å². The molecule has 0 atom stereocenters. The fourth-order valence-corrected chi connectivity index (χ4v) is 3.45. The first-order chi connectivity index (χ1) is 13.3. The van der Waals surface area contributed by atoms with Crippen LogP contribution in [0.25, 0.3) is 10.9 Å². The normalized spacial score (nSPS) is 14.4. The Hall–Kier alpha value is -2.88. The Morgan fingerprint density at radius 1 is 0.963 bits per heavy atom. The second-order valence-electron chi connectivity index (χ2n) is 7.00. The first kappa shape index (κ1) is 17.5. The Labute approximate surface area is 159 Å². The minimum atomic E-state index is -0.143. The van der Waals surface area contributed by atoms with Gasteiger partial charge in [0.25, 0.3) is 0 Å². The number of carbonyl (C=O) groups is 1. The van der Waals surface area contributed by atoms with Crippen molar-refractivity contribution in [1.82, 2.24) is 4.98 Å². The molecule has 4 heteroatoms. The van der Waals surface area contributed by atoms with E-state index in [4.69, 9.17) is 9.47 Å².